The first-order chi connectivity index (χ1) is 21.2. The number of cyclic esters (lactones) is 1. The third-order valence-corrected chi connectivity index (χ3v) is 8.08. The van der Waals surface area contributed by atoms with Crippen LogP contribution < -0.4 is 35.3 Å². The Bertz CT molecular complexity index is 1740. The summed E-state index contributed by atoms with van der Waals surface area (Å²) in [6.45, 7) is 1.61. The van der Waals surface area contributed by atoms with E-state index < -0.39 is 29.6 Å². The van der Waals surface area contributed by atoms with Crippen LogP contribution in [0.1, 0.15) is 31.7 Å². The van der Waals surface area contributed by atoms with E-state index in [0.717, 1.165) is 18.9 Å². The summed E-state index contributed by atoms with van der Waals surface area (Å²) in [4.78, 5) is 60.2. The van der Waals surface area contributed by atoms with Crippen LogP contribution in [0.15, 0.2) is 29.2 Å². The molecular weight excluding hydrogens is 581 g/mol. The van der Waals surface area contributed by atoms with Crippen molar-refractivity contribution in [2.24, 2.45) is 0 Å². The molecule has 3 aromatic rings. The molecule has 6 heterocycles. The Morgan fingerprint density at radius 2 is 1.95 bits per heavy atom. The van der Waals surface area contributed by atoms with Crippen molar-refractivity contribution in [2.75, 3.05) is 47.9 Å². The summed E-state index contributed by atoms with van der Waals surface area (Å²) in [6, 6.07) is 4.52. The molecule has 44 heavy (non-hydrogen) atoms. The first-order valence-corrected chi connectivity index (χ1v) is 14.3. The van der Waals surface area contributed by atoms with Crippen LogP contribution in [0.5, 0.6) is 11.5 Å². The van der Waals surface area contributed by atoms with E-state index in [1.54, 1.807) is 16.7 Å². The second-order valence-corrected chi connectivity index (χ2v) is 11.1. The number of nitrogens with zero attached hydrogens (tertiary/aromatic N) is 5. The van der Waals surface area contributed by atoms with E-state index in [1.807, 2.05) is 4.90 Å². The largest absolute Gasteiger partial charge is 0.511 e. The Morgan fingerprint density at radius 1 is 1.16 bits per heavy atom. The van der Waals surface area contributed by atoms with Crippen LogP contribution in [0, 0.1) is 5.82 Å². The SMILES string of the molecule is O=C1COc2ccc(N3C[C@H](CNC4CCN(c5nc6c(cc5F)c(=O)c(OC(=O)O)cn6C5CC5)CC4)OC3=O)nc2N1. The lowest BCUT2D eigenvalue weighted by Gasteiger charge is -2.34. The van der Waals surface area contributed by atoms with E-state index in [9.17, 15) is 19.2 Å². The van der Waals surface area contributed by atoms with Crippen LogP contribution in [0.25, 0.3) is 11.0 Å². The fourth-order valence-corrected chi connectivity index (χ4v) is 5.74. The average Bonchev–Trinajstić information content (AvgIpc) is 3.78. The van der Waals surface area contributed by atoms with Crippen molar-refractivity contribution in [1.29, 1.82) is 0 Å². The summed E-state index contributed by atoms with van der Waals surface area (Å²) < 4.78 is 32.5. The quantitative estimate of drug-likeness (QED) is 0.333. The van der Waals surface area contributed by atoms with Crippen molar-refractivity contribution in [3.8, 4) is 11.5 Å². The molecule has 2 saturated heterocycles. The number of amides is 2. The van der Waals surface area contributed by atoms with Gasteiger partial charge in [-0.3, -0.25) is 14.5 Å². The lowest BCUT2D eigenvalue weighted by atomic mass is 10.0. The Morgan fingerprint density at radius 3 is 2.70 bits per heavy atom. The topological polar surface area (TPSA) is 177 Å². The fraction of sp³-hybridized carbons (Fsp3) is 0.429. The minimum Gasteiger partial charge on any atom is -0.480 e. The van der Waals surface area contributed by atoms with Crippen molar-refractivity contribution >= 4 is 46.6 Å². The van der Waals surface area contributed by atoms with E-state index in [4.69, 9.17) is 14.6 Å². The number of piperidine rings is 1. The highest BCUT2D eigenvalue weighted by molar-refractivity contribution is 5.95. The molecule has 16 heteroatoms. The fourth-order valence-electron chi connectivity index (χ4n) is 5.74. The summed E-state index contributed by atoms with van der Waals surface area (Å²) in [5.41, 5.74) is -0.433. The summed E-state index contributed by atoms with van der Waals surface area (Å²) >= 11 is 0. The Labute approximate surface area is 248 Å². The van der Waals surface area contributed by atoms with Crippen LogP contribution in [0.2, 0.25) is 0 Å². The third-order valence-electron chi connectivity index (χ3n) is 8.08. The van der Waals surface area contributed by atoms with E-state index in [1.165, 1.54) is 11.1 Å². The van der Waals surface area contributed by atoms with Crippen LogP contribution in [-0.4, -0.2) is 82.7 Å². The minimum absolute atomic E-state index is 0.0303. The molecule has 3 fully saturated rings. The zero-order valence-electron chi connectivity index (χ0n) is 23.3. The molecule has 0 unspecified atom stereocenters. The number of carboxylic acid groups (broad SMARTS) is 1. The van der Waals surface area contributed by atoms with Crippen molar-refractivity contribution in [1.82, 2.24) is 19.9 Å². The zero-order valence-corrected chi connectivity index (χ0v) is 23.3. The van der Waals surface area contributed by atoms with Gasteiger partial charge in [0.2, 0.25) is 5.43 Å². The van der Waals surface area contributed by atoms with Crippen molar-refractivity contribution in [2.45, 2.75) is 43.9 Å². The van der Waals surface area contributed by atoms with Gasteiger partial charge < -0.3 is 39.4 Å². The number of fused-ring (bicyclic) bond motifs is 2. The first-order valence-electron chi connectivity index (χ1n) is 14.3. The van der Waals surface area contributed by atoms with E-state index >= 15 is 4.39 Å². The predicted octanol–water partition coefficient (Wildman–Crippen LogP) is 2.24. The van der Waals surface area contributed by atoms with Crippen LogP contribution in [0.3, 0.4) is 0 Å². The maximum atomic E-state index is 15.3. The molecule has 0 bridgehead atoms. The van der Waals surface area contributed by atoms with E-state index in [2.05, 4.69) is 25.3 Å². The van der Waals surface area contributed by atoms with Gasteiger partial charge in [-0.15, -0.1) is 0 Å². The highest BCUT2D eigenvalue weighted by Crippen LogP contribution is 2.38. The molecule has 4 aliphatic rings. The summed E-state index contributed by atoms with van der Waals surface area (Å²) in [5.74, 6) is -0.203. The van der Waals surface area contributed by atoms with Gasteiger partial charge in [-0.2, -0.15) is 0 Å². The maximum Gasteiger partial charge on any atom is 0.511 e. The number of carbonyl (C=O) groups is 3. The van der Waals surface area contributed by atoms with Gasteiger partial charge >= 0.3 is 12.2 Å². The maximum absolute atomic E-state index is 15.3. The van der Waals surface area contributed by atoms with Crippen molar-refractivity contribution < 1.29 is 38.1 Å². The molecule has 15 nitrogen and oxygen atoms in total. The van der Waals surface area contributed by atoms with Crippen LogP contribution >= 0.6 is 0 Å². The normalized spacial score (nSPS) is 20.2. The van der Waals surface area contributed by atoms with Gasteiger partial charge in [0.05, 0.1) is 18.1 Å². The Kier molecular flexibility index (Phi) is 6.91. The molecule has 2 amide bonds. The van der Waals surface area contributed by atoms with Gasteiger partial charge in [0.15, 0.2) is 35.6 Å². The zero-order chi connectivity index (χ0) is 30.5. The first kappa shape index (κ1) is 27.8. The molecule has 0 spiro atoms. The molecule has 3 aromatic heterocycles. The number of hydrogen-bond acceptors (Lipinski definition) is 11. The number of aromatic nitrogens is 3. The van der Waals surface area contributed by atoms with Crippen molar-refractivity contribution in [3.05, 3.63) is 40.4 Å². The summed E-state index contributed by atoms with van der Waals surface area (Å²) in [7, 11) is 0. The number of halogens is 1. The second-order valence-electron chi connectivity index (χ2n) is 11.1. The standard InChI is InChI=1S/C28H28FN7O8/c29-18-9-17-23(38)20(44-28(40)41)12-35(15-1-2-15)25(17)33-26(18)34-7-5-14(6-8-34)30-10-16-11-36(27(39)43-16)21-4-3-19-24(31-21)32-22(37)13-42-19/h3-4,9,12,14-16,30H,1-2,5-8,10-11,13H2,(H,40,41)(H,31,32,37)/t16-/m0/s1. The predicted molar refractivity (Wildman–Crippen MR) is 152 cm³/mol. The summed E-state index contributed by atoms with van der Waals surface area (Å²) in [5, 5.41) is 15.0. The molecular formula is C28H28FN7O8. The molecule has 230 valence electrons. The molecule has 1 aliphatic carbocycles. The number of pyridine rings is 3. The number of nitrogens with one attached hydrogen (secondary N) is 2. The molecule has 1 saturated carbocycles. The van der Waals surface area contributed by atoms with Gasteiger partial charge in [-0.05, 0) is 43.9 Å². The van der Waals surface area contributed by atoms with Crippen LogP contribution in [-0.2, 0) is 9.53 Å². The number of anilines is 3. The number of ether oxygens (including phenoxy) is 3. The van der Waals surface area contributed by atoms with Gasteiger partial charge in [-0.1, -0.05) is 0 Å². The van der Waals surface area contributed by atoms with Crippen LogP contribution in [0.4, 0.5) is 31.4 Å². The van der Waals surface area contributed by atoms with Gasteiger partial charge in [0.25, 0.3) is 5.91 Å². The number of carbonyl (C=O) groups excluding carboxylic acids is 2. The second kappa shape index (κ2) is 10.9. The third kappa shape index (κ3) is 5.32. The highest BCUT2D eigenvalue weighted by atomic mass is 19.1. The smallest absolute Gasteiger partial charge is 0.480 e. The summed E-state index contributed by atoms with van der Waals surface area (Å²) in [6.07, 6.45) is 1.79. The molecule has 3 N–H and O–H groups in total. The lowest BCUT2D eigenvalue weighted by Crippen LogP contribution is -2.45. The van der Waals surface area contributed by atoms with E-state index in [-0.39, 0.29) is 53.9 Å². The monoisotopic (exact) mass is 609 g/mol. The molecule has 0 radical (unpaired) electrons. The van der Waals surface area contributed by atoms with E-state index in [0.29, 0.717) is 49.7 Å². The minimum atomic E-state index is -1.62. The van der Waals surface area contributed by atoms with Gasteiger partial charge in [0, 0.05) is 31.7 Å². The highest BCUT2D eigenvalue weighted by Gasteiger charge is 2.35. The molecule has 1 atom stereocenters. The van der Waals surface area contributed by atoms with Gasteiger partial charge in [0.1, 0.15) is 17.6 Å². The Balaban J connectivity index is 0.982. The average molecular weight is 610 g/mol. The Hall–Kier alpha value is -4.99. The molecule has 3 aliphatic heterocycles. The molecule has 7 rings (SSSR count). The van der Waals surface area contributed by atoms with Crippen molar-refractivity contribution in [3.63, 3.8) is 0 Å². The number of hydrogen-bond donors (Lipinski definition) is 3. The van der Waals surface area contributed by atoms with Gasteiger partial charge in [-0.25, -0.2) is 23.9 Å². The molecule has 0 aromatic carbocycles. The lowest BCUT2D eigenvalue weighted by molar-refractivity contribution is -0.118. The number of rotatable bonds is 7.